The normalized spacial score (nSPS) is 29.6. The molecule has 0 spiro atoms. The van der Waals surface area contributed by atoms with E-state index in [2.05, 4.69) is 15.2 Å². The Hall–Kier alpha value is -1.68. The van der Waals surface area contributed by atoms with Crippen LogP contribution in [0.2, 0.25) is 0 Å². The Morgan fingerprint density at radius 2 is 2.05 bits per heavy atom. The fraction of sp³-hybridized carbons (Fsp3) is 0.467. The van der Waals surface area contributed by atoms with E-state index in [1.54, 1.807) is 18.5 Å². The van der Waals surface area contributed by atoms with E-state index in [0.717, 1.165) is 12.1 Å². The molecular formula is C15H19N3O. The fourth-order valence-corrected chi connectivity index (χ4v) is 3.01. The van der Waals surface area contributed by atoms with Crippen molar-refractivity contribution in [3.05, 3.63) is 36.2 Å². The minimum absolute atomic E-state index is 0.00978. The second-order valence-corrected chi connectivity index (χ2v) is 5.37. The highest BCUT2D eigenvalue weighted by Gasteiger charge is 2.34. The minimum atomic E-state index is 0.00978. The molecule has 4 heteroatoms. The second-order valence-electron chi connectivity index (χ2n) is 5.37. The van der Waals surface area contributed by atoms with E-state index >= 15 is 0 Å². The number of nitrogens with one attached hydrogen (secondary N) is 1. The lowest BCUT2D eigenvalue weighted by molar-refractivity contribution is -0.118. The van der Waals surface area contributed by atoms with Crippen LogP contribution in [0.1, 0.15) is 18.4 Å². The Balaban J connectivity index is 1.55. The van der Waals surface area contributed by atoms with Gasteiger partial charge in [-0.15, -0.1) is 0 Å². The van der Waals surface area contributed by atoms with Crippen molar-refractivity contribution in [2.24, 2.45) is 5.92 Å². The molecule has 1 amide bonds. The molecule has 3 aliphatic rings. The number of piperidine rings is 3. The van der Waals surface area contributed by atoms with E-state index in [0.29, 0.717) is 12.0 Å². The summed E-state index contributed by atoms with van der Waals surface area (Å²) in [7, 11) is 0. The number of hydrogen-bond donors (Lipinski definition) is 1. The number of hydrogen-bond acceptors (Lipinski definition) is 3. The number of amides is 1. The van der Waals surface area contributed by atoms with Crippen LogP contribution >= 0.6 is 0 Å². The Morgan fingerprint density at radius 1 is 1.32 bits per heavy atom. The zero-order chi connectivity index (χ0) is 13.1. The van der Waals surface area contributed by atoms with Crippen LogP contribution in [0, 0.1) is 5.92 Å². The number of pyridine rings is 1. The zero-order valence-corrected chi connectivity index (χ0v) is 11.0. The third-order valence-corrected chi connectivity index (χ3v) is 4.12. The molecule has 4 nitrogen and oxygen atoms in total. The Labute approximate surface area is 113 Å². The first-order chi connectivity index (χ1) is 9.31. The molecule has 0 saturated carbocycles. The number of carbonyl (C=O) groups is 1. The number of fused-ring (bicyclic) bond motifs is 3. The van der Waals surface area contributed by atoms with Gasteiger partial charge in [-0.3, -0.25) is 9.78 Å². The average Bonchev–Trinajstić information content (AvgIpc) is 2.47. The largest absolute Gasteiger partial charge is 0.348 e. The van der Waals surface area contributed by atoms with Crippen molar-refractivity contribution in [1.82, 2.24) is 15.2 Å². The second kappa shape index (κ2) is 5.53. The van der Waals surface area contributed by atoms with Crippen molar-refractivity contribution in [3.8, 4) is 0 Å². The number of aromatic nitrogens is 1. The summed E-state index contributed by atoms with van der Waals surface area (Å²) in [4.78, 5) is 18.3. The van der Waals surface area contributed by atoms with Gasteiger partial charge in [0.25, 0.3) is 0 Å². The molecule has 3 fully saturated rings. The number of nitrogens with zero attached hydrogens (tertiary/aromatic N) is 2. The monoisotopic (exact) mass is 257 g/mol. The maximum absolute atomic E-state index is 11.9. The SMILES string of the molecule is O=C(C=Cc1ccncc1)NC1CN2CCC1CC2. The van der Waals surface area contributed by atoms with Gasteiger partial charge in [0.1, 0.15) is 0 Å². The summed E-state index contributed by atoms with van der Waals surface area (Å²) in [6.07, 6.45) is 9.35. The summed E-state index contributed by atoms with van der Waals surface area (Å²) in [5, 5.41) is 3.14. The van der Waals surface area contributed by atoms with Gasteiger partial charge < -0.3 is 10.2 Å². The lowest BCUT2D eigenvalue weighted by Crippen LogP contribution is -2.57. The molecule has 1 aromatic heterocycles. The molecule has 1 N–H and O–H groups in total. The highest BCUT2D eigenvalue weighted by Crippen LogP contribution is 2.27. The summed E-state index contributed by atoms with van der Waals surface area (Å²) in [5.74, 6) is 0.679. The molecule has 2 bridgehead atoms. The van der Waals surface area contributed by atoms with Crippen LogP contribution in [0.4, 0.5) is 0 Å². The Morgan fingerprint density at radius 3 is 2.68 bits per heavy atom. The molecule has 3 aliphatic heterocycles. The first-order valence-corrected chi connectivity index (χ1v) is 6.92. The number of rotatable bonds is 3. The predicted molar refractivity (Wildman–Crippen MR) is 74.4 cm³/mol. The molecule has 0 aromatic carbocycles. The molecule has 4 heterocycles. The highest BCUT2D eigenvalue weighted by molar-refractivity contribution is 5.91. The van der Waals surface area contributed by atoms with Crippen LogP contribution in [0.5, 0.6) is 0 Å². The number of carbonyl (C=O) groups excluding carboxylic acids is 1. The van der Waals surface area contributed by atoms with Crippen molar-refractivity contribution in [3.63, 3.8) is 0 Å². The smallest absolute Gasteiger partial charge is 0.244 e. The molecule has 0 radical (unpaired) electrons. The van der Waals surface area contributed by atoms with Gasteiger partial charge >= 0.3 is 0 Å². The first-order valence-electron chi connectivity index (χ1n) is 6.92. The fourth-order valence-electron chi connectivity index (χ4n) is 3.01. The van der Waals surface area contributed by atoms with Gasteiger partial charge in [0.2, 0.25) is 5.91 Å². The van der Waals surface area contributed by atoms with Crippen molar-refractivity contribution >= 4 is 12.0 Å². The van der Waals surface area contributed by atoms with Gasteiger partial charge in [0.05, 0.1) is 0 Å². The molecule has 1 atom stereocenters. The molecular weight excluding hydrogens is 238 g/mol. The first kappa shape index (κ1) is 12.4. The summed E-state index contributed by atoms with van der Waals surface area (Å²) in [5.41, 5.74) is 0.999. The van der Waals surface area contributed by atoms with E-state index in [1.165, 1.54) is 25.9 Å². The predicted octanol–water partition coefficient (Wildman–Crippen LogP) is 1.31. The van der Waals surface area contributed by atoms with E-state index in [4.69, 9.17) is 0 Å². The average molecular weight is 257 g/mol. The van der Waals surface area contributed by atoms with Gasteiger partial charge in [-0.1, -0.05) is 0 Å². The van der Waals surface area contributed by atoms with Crippen LogP contribution < -0.4 is 5.32 Å². The Kier molecular flexibility index (Phi) is 3.60. The Bertz CT molecular complexity index is 464. The van der Waals surface area contributed by atoms with Crippen molar-refractivity contribution in [2.45, 2.75) is 18.9 Å². The zero-order valence-electron chi connectivity index (χ0n) is 11.0. The lowest BCUT2D eigenvalue weighted by Gasteiger charge is -2.44. The maximum atomic E-state index is 11.9. The molecule has 3 saturated heterocycles. The van der Waals surface area contributed by atoms with Crippen LogP contribution in [0.15, 0.2) is 30.6 Å². The molecule has 0 aliphatic carbocycles. The van der Waals surface area contributed by atoms with E-state index in [9.17, 15) is 4.79 Å². The molecule has 19 heavy (non-hydrogen) atoms. The van der Waals surface area contributed by atoms with E-state index in [1.807, 2.05) is 18.2 Å². The van der Waals surface area contributed by atoms with Gasteiger partial charge in [0, 0.05) is 31.1 Å². The standard InChI is InChI=1S/C15H19N3O/c19-15(2-1-12-3-7-16-8-4-12)17-14-11-18-9-5-13(14)6-10-18/h1-4,7-8,13-14H,5-6,9-11H2,(H,17,19). The van der Waals surface area contributed by atoms with Gasteiger partial charge in [-0.05, 0) is 55.6 Å². The maximum Gasteiger partial charge on any atom is 0.244 e. The summed E-state index contributed by atoms with van der Waals surface area (Å²) in [6.45, 7) is 3.41. The van der Waals surface area contributed by atoms with Crippen LogP contribution in [-0.2, 0) is 4.79 Å². The van der Waals surface area contributed by atoms with E-state index < -0.39 is 0 Å². The summed E-state index contributed by atoms with van der Waals surface area (Å²) < 4.78 is 0. The topological polar surface area (TPSA) is 45.2 Å². The molecule has 100 valence electrons. The minimum Gasteiger partial charge on any atom is -0.348 e. The quantitative estimate of drug-likeness (QED) is 0.830. The molecule has 1 aromatic rings. The van der Waals surface area contributed by atoms with Crippen LogP contribution in [-0.4, -0.2) is 41.5 Å². The van der Waals surface area contributed by atoms with Gasteiger partial charge in [-0.2, -0.15) is 0 Å². The third kappa shape index (κ3) is 3.01. The lowest BCUT2D eigenvalue weighted by atomic mass is 9.84. The van der Waals surface area contributed by atoms with Gasteiger partial charge in [-0.25, -0.2) is 0 Å². The highest BCUT2D eigenvalue weighted by atomic mass is 16.1. The van der Waals surface area contributed by atoms with E-state index in [-0.39, 0.29) is 5.91 Å². The summed E-state index contributed by atoms with van der Waals surface area (Å²) >= 11 is 0. The van der Waals surface area contributed by atoms with Crippen LogP contribution in [0.25, 0.3) is 6.08 Å². The summed E-state index contributed by atoms with van der Waals surface area (Å²) in [6, 6.07) is 4.10. The molecule has 1 unspecified atom stereocenters. The third-order valence-electron chi connectivity index (χ3n) is 4.12. The van der Waals surface area contributed by atoms with Crippen molar-refractivity contribution in [1.29, 1.82) is 0 Å². The van der Waals surface area contributed by atoms with Crippen molar-refractivity contribution in [2.75, 3.05) is 19.6 Å². The van der Waals surface area contributed by atoms with Gasteiger partial charge in [0.15, 0.2) is 0 Å². The molecule has 4 rings (SSSR count). The van der Waals surface area contributed by atoms with Crippen molar-refractivity contribution < 1.29 is 4.79 Å². The van der Waals surface area contributed by atoms with Crippen LogP contribution in [0.3, 0.4) is 0 Å².